The van der Waals surface area contributed by atoms with Gasteiger partial charge in [0.25, 0.3) is 5.56 Å². The van der Waals surface area contributed by atoms with Crippen LogP contribution < -0.4 is 10.5 Å². The zero-order valence-corrected chi connectivity index (χ0v) is 13.8. The molecule has 24 heavy (non-hydrogen) atoms. The number of rotatable bonds is 2. The summed E-state index contributed by atoms with van der Waals surface area (Å²) >= 11 is 6.05. The van der Waals surface area contributed by atoms with E-state index in [9.17, 15) is 9.59 Å². The van der Waals surface area contributed by atoms with E-state index in [1.165, 1.54) is 4.52 Å². The summed E-state index contributed by atoms with van der Waals surface area (Å²) in [5, 5.41) is 3.42. The second kappa shape index (κ2) is 5.49. The van der Waals surface area contributed by atoms with Crippen LogP contribution in [0.2, 0.25) is 5.02 Å². The number of benzene rings is 1. The highest BCUT2D eigenvalue weighted by Gasteiger charge is 2.26. The number of amides is 1. The fourth-order valence-corrected chi connectivity index (χ4v) is 3.33. The number of halogens is 1. The summed E-state index contributed by atoms with van der Waals surface area (Å²) in [6, 6.07) is 7.29. The van der Waals surface area contributed by atoms with E-state index >= 15 is 0 Å². The van der Waals surface area contributed by atoms with Gasteiger partial charge in [0.1, 0.15) is 0 Å². The Bertz CT molecular complexity index is 1020. The van der Waals surface area contributed by atoms with Crippen LogP contribution in [-0.2, 0) is 17.6 Å². The molecule has 0 unspecified atom stereocenters. The summed E-state index contributed by atoms with van der Waals surface area (Å²) in [5.41, 5.74) is 3.24. The number of nitrogens with one attached hydrogen (secondary N) is 1. The van der Waals surface area contributed by atoms with Crippen LogP contribution in [0.1, 0.15) is 16.8 Å². The van der Waals surface area contributed by atoms with Gasteiger partial charge in [-0.15, -0.1) is 0 Å². The molecule has 7 heteroatoms. The summed E-state index contributed by atoms with van der Waals surface area (Å²) in [6.45, 7) is 2.36. The quantitative estimate of drug-likeness (QED) is 0.775. The molecule has 3 heterocycles. The lowest BCUT2D eigenvalue weighted by atomic mass is 10.1. The van der Waals surface area contributed by atoms with E-state index in [2.05, 4.69) is 10.1 Å². The zero-order valence-electron chi connectivity index (χ0n) is 13.0. The molecule has 4 rings (SSSR count). The molecule has 0 fully saturated rings. The van der Waals surface area contributed by atoms with E-state index < -0.39 is 0 Å². The second-order valence-corrected chi connectivity index (χ2v) is 6.32. The Morgan fingerprint density at radius 2 is 2.21 bits per heavy atom. The highest BCUT2D eigenvalue weighted by atomic mass is 35.5. The molecule has 6 nitrogen and oxygen atoms in total. The Kier molecular flexibility index (Phi) is 3.42. The van der Waals surface area contributed by atoms with Crippen LogP contribution in [-0.4, -0.2) is 27.0 Å². The number of carbonyl (C=O) groups is 1. The van der Waals surface area contributed by atoms with Crippen molar-refractivity contribution >= 4 is 28.8 Å². The van der Waals surface area contributed by atoms with Gasteiger partial charge in [0, 0.05) is 40.8 Å². The van der Waals surface area contributed by atoms with Crippen LogP contribution in [0.15, 0.2) is 35.3 Å². The molecule has 0 saturated heterocycles. The van der Waals surface area contributed by atoms with E-state index in [4.69, 9.17) is 11.6 Å². The number of fused-ring (bicyclic) bond motifs is 2. The summed E-state index contributed by atoms with van der Waals surface area (Å²) in [4.78, 5) is 31.4. The van der Waals surface area contributed by atoms with Crippen LogP contribution in [0.5, 0.6) is 0 Å². The maximum absolute atomic E-state index is 12.8. The number of anilines is 1. The number of hydrogen-bond acceptors (Lipinski definition) is 3. The highest BCUT2D eigenvalue weighted by Crippen LogP contribution is 2.31. The number of nitrogens with zero attached hydrogens (tertiary/aromatic N) is 3. The summed E-state index contributed by atoms with van der Waals surface area (Å²) in [6.07, 6.45) is 2.46. The maximum atomic E-state index is 12.8. The minimum atomic E-state index is -0.235. The van der Waals surface area contributed by atoms with Crippen LogP contribution in [0.25, 0.3) is 5.65 Å². The third-order valence-electron chi connectivity index (χ3n) is 4.42. The summed E-state index contributed by atoms with van der Waals surface area (Å²) in [5.74, 6) is -0.121. The van der Waals surface area contributed by atoms with Gasteiger partial charge in [-0.1, -0.05) is 17.7 Å². The fourth-order valence-electron chi connectivity index (χ4n) is 3.17. The largest absolute Gasteiger partial charge is 0.311 e. The molecule has 1 amide bonds. The minimum Gasteiger partial charge on any atom is -0.311 e. The lowest BCUT2D eigenvalue weighted by Gasteiger charge is -2.18. The smallest absolute Gasteiger partial charge is 0.276 e. The molecule has 1 aliphatic rings. The number of aromatic amines is 1. The molecule has 1 aliphatic heterocycles. The van der Waals surface area contributed by atoms with Gasteiger partial charge in [-0.2, -0.15) is 0 Å². The fraction of sp³-hybridized carbons (Fsp3) is 0.235. The highest BCUT2D eigenvalue weighted by molar-refractivity contribution is 6.31. The lowest BCUT2D eigenvalue weighted by Crippen LogP contribution is -2.33. The van der Waals surface area contributed by atoms with E-state index in [0.717, 1.165) is 17.7 Å². The van der Waals surface area contributed by atoms with Gasteiger partial charge in [0.05, 0.1) is 6.42 Å². The van der Waals surface area contributed by atoms with Gasteiger partial charge in [0.15, 0.2) is 5.65 Å². The molecular formula is C17H15ClN4O2. The lowest BCUT2D eigenvalue weighted by molar-refractivity contribution is -0.117. The second-order valence-electron chi connectivity index (χ2n) is 5.88. The Balaban J connectivity index is 1.69. The topological polar surface area (TPSA) is 70.5 Å². The van der Waals surface area contributed by atoms with Crippen molar-refractivity contribution in [2.75, 3.05) is 11.4 Å². The molecule has 0 bridgehead atoms. The van der Waals surface area contributed by atoms with E-state index in [0.29, 0.717) is 28.5 Å². The van der Waals surface area contributed by atoms with Crippen molar-refractivity contribution in [3.63, 3.8) is 0 Å². The molecule has 3 aromatic rings. The number of aromatic nitrogens is 3. The molecule has 1 aromatic carbocycles. The molecule has 1 N–H and O–H groups in total. The number of aryl methyl sites for hydroxylation is 1. The number of carbonyl (C=O) groups excluding carboxylic acids is 1. The summed E-state index contributed by atoms with van der Waals surface area (Å²) in [7, 11) is 0. The molecule has 2 aromatic heterocycles. The van der Waals surface area contributed by atoms with Crippen LogP contribution in [0.4, 0.5) is 5.69 Å². The first kappa shape index (κ1) is 15.0. The summed E-state index contributed by atoms with van der Waals surface area (Å²) < 4.78 is 1.35. The molecular weight excluding hydrogens is 328 g/mol. The predicted octanol–water partition coefficient (Wildman–Crippen LogP) is 2.12. The van der Waals surface area contributed by atoms with Gasteiger partial charge in [-0.05, 0) is 31.0 Å². The van der Waals surface area contributed by atoms with Crippen molar-refractivity contribution < 1.29 is 4.79 Å². The van der Waals surface area contributed by atoms with Gasteiger partial charge in [-0.3, -0.25) is 14.7 Å². The standard InChI is InChI=1S/C17H15ClN4O2/c1-10-13(17(24)22-15(20-10)4-6-19-22)9-16(23)21-7-5-11-2-3-12(18)8-14(11)21/h2-4,6,8,19H,5,7,9H2,1H3. The normalized spacial score (nSPS) is 13.5. The molecule has 0 saturated carbocycles. The Labute approximate surface area is 142 Å². The number of hydrogen-bond donors (Lipinski definition) is 1. The van der Waals surface area contributed by atoms with E-state index in [1.54, 1.807) is 30.2 Å². The molecule has 0 radical (unpaired) electrons. The SMILES string of the molecule is Cc1nc2cc[nH]n2c(=O)c1CC(=O)N1CCc2ccc(Cl)cc21. The molecule has 0 atom stereocenters. The van der Waals surface area contributed by atoms with Crippen molar-refractivity contribution in [2.24, 2.45) is 0 Å². The molecule has 0 spiro atoms. The van der Waals surface area contributed by atoms with Gasteiger partial charge < -0.3 is 4.90 Å². The van der Waals surface area contributed by atoms with Crippen molar-refractivity contribution in [3.05, 3.63) is 62.7 Å². The van der Waals surface area contributed by atoms with Crippen LogP contribution in [0, 0.1) is 6.92 Å². The third kappa shape index (κ3) is 2.30. The van der Waals surface area contributed by atoms with Crippen molar-refractivity contribution in [1.29, 1.82) is 0 Å². The van der Waals surface area contributed by atoms with E-state index in [-0.39, 0.29) is 17.9 Å². The average molecular weight is 343 g/mol. The van der Waals surface area contributed by atoms with Crippen molar-refractivity contribution in [3.8, 4) is 0 Å². The first-order valence-corrected chi connectivity index (χ1v) is 8.07. The van der Waals surface area contributed by atoms with Crippen LogP contribution in [0.3, 0.4) is 0 Å². The Hall–Kier alpha value is -2.60. The average Bonchev–Trinajstić information content (AvgIpc) is 3.17. The number of H-pyrrole nitrogens is 1. The molecule has 0 aliphatic carbocycles. The Morgan fingerprint density at radius 3 is 3.04 bits per heavy atom. The monoisotopic (exact) mass is 342 g/mol. The van der Waals surface area contributed by atoms with Gasteiger partial charge in [-0.25, -0.2) is 9.50 Å². The zero-order chi connectivity index (χ0) is 16.8. The Morgan fingerprint density at radius 1 is 1.38 bits per heavy atom. The maximum Gasteiger partial charge on any atom is 0.276 e. The predicted molar refractivity (Wildman–Crippen MR) is 91.8 cm³/mol. The van der Waals surface area contributed by atoms with Gasteiger partial charge in [0.2, 0.25) is 5.91 Å². The third-order valence-corrected chi connectivity index (χ3v) is 4.65. The van der Waals surface area contributed by atoms with Gasteiger partial charge >= 0.3 is 0 Å². The molecule has 122 valence electrons. The minimum absolute atomic E-state index is 0.0194. The first-order chi connectivity index (χ1) is 11.5. The van der Waals surface area contributed by atoms with Crippen molar-refractivity contribution in [1.82, 2.24) is 14.6 Å². The van der Waals surface area contributed by atoms with Crippen LogP contribution >= 0.6 is 11.6 Å². The van der Waals surface area contributed by atoms with Crippen molar-refractivity contribution in [2.45, 2.75) is 19.8 Å². The first-order valence-electron chi connectivity index (χ1n) is 7.69. The van der Waals surface area contributed by atoms with E-state index in [1.807, 2.05) is 12.1 Å².